The van der Waals surface area contributed by atoms with Gasteiger partial charge in [0.15, 0.2) is 0 Å². The third-order valence-corrected chi connectivity index (χ3v) is 2.08. The van der Waals surface area contributed by atoms with E-state index in [1.807, 2.05) is 21.0 Å². The monoisotopic (exact) mass is 249 g/mol. The van der Waals surface area contributed by atoms with Gasteiger partial charge in [-0.1, -0.05) is 24.8 Å². The fourth-order valence-corrected chi connectivity index (χ4v) is 0.979. The Hall–Kier alpha value is -2.23. The predicted molar refractivity (Wildman–Crippen MR) is 74.4 cm³/mol. The number of carbonyl (C=O) groups is 1. The fraction of sp³-hybridized carbons (Fsp3) is 0.214. The zero-order chi connectivity index (χ0) is 14.3. The van der Waals surface area contributed by atoms with Gasteiger partial charge in [-0.25, -0.2) is 4.79 Å². The summed E-state index contributed by atoms with van der Waals surface area (Å²) < 4.78 is 0. The maximum absolute atomic E-state index is 10.5. The van der Waals surface area contributed by atoms with Crippen LogP contribution in [0.25, 0.3) is 0 Å². The maximum atomic E-state index is 10.5. The van der Waals surface area contributed by atoms with Crippen LogP contribution in [0, 0.1) is 0 Å². The summed E-state index contributed by atoms with van der Waals surface area (Å²) in [6.45, 7) is 8.93. The molecule has 1 rings (SSSR count). The lowest BCUT2D eigenvalue weighted by Gasteiger charge is -2.12. The third kappa shape index (κ3) is 5.21. The topological polar surface area (TPSA) is 60.8 Å². The summed E-state index contributed by atoms with van der Waals surface area (Å²) in [5.74, 6) is -1.33. The zero-order valence-electron chi connectivity index (χ0n) is 11.0. The fourth-order valence-electron chi connectivity index (χ4n) is 0.979. The van der Waals surface area contributed by atoms with Crippen LogP contribution in [-0.2, 0) is 0 Å². The van der Waals surface area contributed by atoms with Crippen LogP contribution in [0.15, 0.2) is 43.0 Å². The van der Waals surface area contributed by atoms with Gasteiger partial charge in [-0.05, 0) is 19.1 Å². The van der Waals surface area contributed by atoms with E-state index in [1.165, 1.54) is 12.1 Å². The molecule has 4 nitrogen and oxygen atoms in total. The summed E-state index contributed by atoms with van der Waals surface area (Å²) in [4.78, 5) is 12.3. The van der Waals surface area contributed by atoms with Crippen molar-refractivity contribution in [2.45, 2.75) is 6.92 Å². The second-order valence-corrected chi connectivity index (χ2v) is 3.95. The van der Waals surface area contributed by atoms with E-state index in [0.29, 0.717) is 0 Å². The number of carboxylic acid groups (broad SMARTS) is 1. The highest BCUT2D eigenvalue weighted by Crippen LogP contribution is 2.23. The summed E-state index contributed by atoms with van der Waals surface area (Å²) in [5.41, 5.74) is 1.71. The Balaban J connectivity index is 0.000000494. The molecule has 2 N–H and O–H groups in total. The number of anilines is 1. The number of hydrogen-bond donors (Lipinski definition) is 2. The van der Waals surface area contributed by atoms with E-state index in [1.54, 1.807) is 17.0 Å². The van der Waals surface area contributed by atoms with Gasteiger partial charge in [0.2, 0.25) is 0 Å². The molecule has 0 saturated carbocycles. The van der Waals surface area contributed by atoms with Gasteiger partial charge in [0, 0.05) is 25.8 Å². The molecular weight excluding hydrogens is 230 g/mol. The van der Waals surface area contributed by atoms with Crippen molar-refractivity contribution in [3.05, 3.63) is 48.6 Å². The lowest BCUT2D eigenvalue weighted by Crippen LogP contribution is -2.09. The van der Waals surface area contributed by atoms with Crippen molar-refractivity contribution in [2.24, 2.45) is 0 Å². The van der Waals surface area contributed by atoms with Crippen LogP contribution in [0.3, 0.4) is 0 Å². The lowest BCUT2D eigenvalue weighted by molar-refractivity contribution is 0.0694. The minimum absolute atomic E-state index is 0.0781. The molecule has 98 valence electrons. The lowest BCUT2D eigenvalue weighted by atomic mass is 10.2. The van der Waals surface area contributed by atoms with Crippen LogP contribution in [0.2, 0.25) is 0 Å². The molecule has 0 aromatic heterocycles. The molecule has 18 heavy (non-hydrogen) atoms. The van der Waals surface area contributed by atoms with Crippen molar-refractivity contribution < 1.29 is 15.0 Å². The number of allylic oxidation sites excluding steroid dienone is 2. The molecule has 0 saturated heterocycles. The molecule has 0 radical (unpaired) electrons. The van der Waals surface area contributed by atoms with E-state index in [0.717, 1.165) is 11.3 Å². The number of rotatable bonds is 3. The molecule has 0 unspecified atom stereocenters. The molecule has 0 aliphatic heterocycles. The molecule has 1 aromatic rings. The van der Waals surface area contributed by atoms with Gasteiger partial charge < -0.3 is 15.1 Å². The van der Waals surface area contributed by atoms with Crippen molar-refractivity contribution in [2.75, 3.05) is 19.0 Å². The first-order valence-corrected chi connectivity index (χ1v) is 5.31. The van der Waals surface area contributed by atoms with Gasteiger partial charge in [0.1, 0.15) is 11.3 Å². The molecule has 0 amide bonds. The first-order chi connectivity index (χ1) is 8.29. The van der Waals surface area contributed by atoms with E-state index < -0.39 is 5.97 Å². The number of nitrogens with zero attached hydrogens (tertiary/aromatic N) is 1. The quantitative estimate of drug-likeness (QED) is 0.809. The largest absolute Gasteiger partial charge is 0.507 e. The Morgan fingerprint density at radius 1 is 1.39 bits per heavy atom. The Kier molecular flexibility index (Phi) is 6.28. The summed E-state index contributed by atoms with van der Waals surface area (Å²) in [7, 11) is 3.63. The molecule has 0 fully saturated rings. The first kappa shape index (κ1) is 15.8. The van der Waals surface area contributed by atoms with Crippen LogP contribution in [0.5, 0.6) is 5.75 Å². The van der Waals surface area contributed by atoms with Crippen LogP contribution < -0.4 is 4.90 Å². The standard InChI is InChI=1S/C9H11NO3.C5H8/c1-10(2)6-3-4-7(9(12)13)8(11)5-6;1-4-5(2)3/h3-5,11H,1-2H3,(H,12,13);4H,1-2H2,3H3. The number of aromatic carboxylic acids is 1. The zero-order valence-corrected chi connectivity index (χ0v) is 11.0. The van der Waals surface area contributed by atoms with Gasteiger partial charge in [0.25, 0.3) is 0 Å². The van der Waals surface area contributed by atoms with E-state index in [2.05, 4.69) is 13.2 Å². The van der Waals surface area contributed by atoms with Crippen molar-refractivity contribution in [1.29, 1.82) is 0 Å². The number of carboxylic acids is 1. The average Bonchev–Trinajstić information content (AvgIpc) is 2.28. The van der Waals surface area contributed by atoms with Crippen LogP contribution in [0.1, 0.15) is 17.3 Å². The van der Waals surface area contributed by atoms with Crippen molar-refractivity contribution in [3.8, 4) is 5.75 Å². The smallest absolute Gasteiger partial charge is 0.339 e. The Morgan fingerprint density at radius 2 is 1.89 bits per heavy atom. The number of aromatic hydroxyl groups is 1. The predicted octanol–water partition coefficient (Wildman–Crippen LogP) is 2.90. The maximum Gasteiger partial charge on any atom is 0.339 e. The van der Waals surface area contributed by atoms with Crippen LogP contribution in [-0.4, -0.2) is 30.3 Å². The van der Waals surface area contributed by atoms with Gasteiger partial charge in [-0.3, -0.25) is 0 Å². The van der Waals surface area contributed by atoms with Crippen LogP contribution >= 0.6 is 0 Å². The first-order valence-electron chi connectivity index (χ1n) is 5.31. The van der Waals surface area contributed by atoms with Crippen LogP contribution in [0.4, 0.5) is 5.69 Å². The van der Waals surface area contributed by atoms with Gasteiger partial charge in [-0.2, -0.15) is 0 Å². The normalized spacial score (nSPS) is 8.83. The molecule has 4 heteroatoms. The second-order valence-electron chi connectivity index (χ2n) is 3.95. The molecule has 0 aliphatic rings. The number of hydrogen-bond acceptors (Lipinski definition) is 3. The summed E-state index contributed by atoms with van der Waals surface area (Å²) in [6.07, 6.45) is 1.72. The number of phenols is 1. The minimum Gasteiger partial charge on any atom is -0.507 e. The molecule has 0 bridgehead atoms. The minimum atomic E-state index is -1.12. The third-order valence-electron chi connectivity index (χ3n) is 2.08. The van der Waals surface area contributed by atoms with E-state index in [-0.39, 0.29) is 11.3 Å². The highest BCUT2D eigenvalue weighted by Gasteiger charge is 2.09. The van der Waals surface area contributed by atoms with Gasteiger partial charge in [-0.15, -0.1) is 0 Å². The Morgan fingerprint density at radius 3 is 2.17 bits per heavy atom. The highest BCUT2D eigenvalue weighted by molar-refractivity contribution is 5.91. The molecular formula is C14H19NO3. The molecule has 1 aromatic carbocycles. The summed E-state index contributed by atoms with van der Waals surface area (Å²) in [5, 5.41) is 17.9. The van der Waals surface area contributed by atoms with Crippen molar-refractivity contribution in [1.82, 2.24) is 0 Å². The number of benzene rings is 1. The van der Waals surface area contributed by atoms with E-state index in [9.17, 15) is 9.90 Å². The Labute approximate surface area is 107 Å². The summed E-state index contributed by atoms with van der Waals surface area (Å²) in [6, 6.07) is 4.44. The highest BCUT2D eigenvalue weighted by atomic mass is 16.4. The second kappa shape index (κ2) is 7.17. The van der Waals surface area contributed by atoms with Crippen molar-refractivity contribution in [3.63, 3.8) is 0 Å². The summed E-state index contributed by atoms with van der Waals surface area (Å²) >= 11 is 0. The molecule has 0 spiro atoms. The SMILES string of the molecule is C=CC(=C)C.CN(C)c1ccc(C(=O)O)c(O)c1. The molecule has 0 atom stereocenters. The van der Waals surface area contributed by atoms with Gasteiger partial charge >= 0.3 is 5.97 Å². The molecule has 0 heterocycles. The molecule has 0 aliphatic carbocycles. The van der Waals surface area contributed by atoms with Gasteiger partial charge in [0.05, 0.1) is 0 Å². The van der Waals surface area contributed by atoms with Crippen molar-refractivity contribution >= 4 is 11.7 Å². The van der Waals surface area contributed by atoms with E-state index in [4.69, 9.17) is 5.11 Å². The van der Waals surface area contributed by atoms with E-state index >= 15 is 0 Å². The average molecular weight is 249 g/mol. The Bertz CT molecular complexity index is 450.